The summed E-state index contributed by atoms with van der Waals surface area (Å²) in [5, 5.41) is 13.5. The van der Waals surface area contributed by atoms with E-state index in [-0.39, 0.29) is 6.04 Å². The Morgan fingerprint density at radius 1 is 1.33 bits per heavy atom. The molecule has 1 saturated heterocycles. The van der Waals surface area contributed by atoms with Gasteiger partial charge in [0.15, 0.2) is 0 Å². The highest BCUT2D eigenvalue weighted by Crippen LogP contribution is 2.30. The Bertz CT molecular complexity index is 445. The molecule has 0 aromatic heterocycles. The van der Waals surface area contributed by atoms with Crippen molar-refractivity contribution in [3.8, 4) is 0 Å². The quantitative estimate of drug-likeness (QED) is 0.897. The van der Waals surface area contributed by atoms with Crippen LogP contribution < -0.4 is 5.32 Å². The smallest absolute Gasteiger partial charge is 0.312 e. The molecule has 0 radical (unpaired) electrons. The minimum atomic E-state index is -0.826. The molecule has 1 aliphatic rings. The molecule has 0 aliphatic carbocycles. The maximum absolute atomic E-state index is 11.5. The predicted octanol–water partition coefficient (Wildman–Crippen LogP) is 3.30. The number of piperidine rings is 1. The molecule has 5 heteroatoms. The molecule has 0 spiro atoms. The molecule has 1 aliphatic heterocycles. The van der Waals surface area contributed by atoms with Gasteiger partial charge in [0.2, 0.25) is 0 Å². The maximum Gasteiger partial charge on any atom is 0.312 e. The topological polar surface area (TPSA) is 49.3 Å². The Hall–Kier alpha value is -0.770. The Labute approximate surface area is 116 Å². The highest BCUT2D eigenvalue weighted by molar-refractivity contribution is 6.42. The molecule has 2 N–H and O–H groups in total. The first kappa shape index (κ1) is 13.7. The molecule has 0 saturated carbocycles. The molecule has 98 valence electrons. The lowest BCUT2D eigenvalue weighted by Crippen LogP contribution is -2.41. The van der Waals surface area contributed by atoms with Gasteiger partial charge in [0.1, 0.15) is 0 Å². The number of carboxylic acid groups (broad SMARTS) is 1. The number of halogens is 2. The molecule has 1 aromatic carbocycles. The lowest BCUT2D eigenvalue weighted by Gasteiger charge is -2.29. The summed E-state index contributed by atoms with van der Waals surface area (Å²) in [6.07, 6.45) is 3.03. The van der Waals surface area contributed by atoms with Crippen molar-refractivity contribution in [2.45, 2.75) is 31.2 Å². The van der Waals surface area contributed by atoms with Gasteiger partial charge in [-0.2, -0.15) is 0 Å². The fraction of sp³-hybridized carbons (Fsp3) is 0.462. The van der Waals surface area contributed by atoms with Gasteiger partial charge in [-0.15, -0.1) is 0 Å². The molecule has 1 fully saturated rings. The molecular formula is C13H15Cl2NO2. The maximum atomic E-state index is 11.5. The van der Waals surface area contributed by atoms with E-state index in [1.54, 1.807) is 18.2 Å². The van der Waals surface area contributed by atoms with Gasteiger partial charge in [-0.05, 0) is 37.1 Å². The second kappa shape index (κ2) is 5.91. The average Bonchev–Trinajstić information content (AvgIpc) is 2.35. The van der Waals surface area contributed by atoms with Crippen molar-refractivity contribution in [2.24, 2.45) is 0 Å². The molecule has 18 heavy (non-hydrogen) atoms. The van der Waals surface area contributed by atoms with Gasteiger partial charge in [0.25, 0.3) is 0 Å². The molecule has 0 amide bonds. The van der Waals surface area contributed by atoms with E-state index in [0.29, 0.717) is 15.6 Å². The summed E-state index contributed by atoms with van der Waals surface area (Å²) < 4.78 is 0. The van der Waals surface area contributed by atoms with Crippen LogP contribution in [0.2, 0.25) is 10.0 Å². The Morgan fingerprint density at radius 3 is 2.67 bits per heavy atom. The lowest BCUT2D eigenvalue weighted by molar-refractivity contribution is -0.139. The highest BCUT2D eigenvalue weighted by atomic mass is 35.5. The van der Waals surface area contributed by atoms with Gasteiger partial charge in [-0.25, -0.2) is 0 Å². The zero-order chi connectivity index (χ0) is 13.1. The van der Waals surface area contributed by atoms with Gasteiger partial charge in [-0.3, -0.25) is 4.79 Å². The minimum absolute atomic E-state index is 0.0338. The number of carbonyl (C=O) groups is 1. The van der Waals surface area contributed by atoms with Crippen LogP contribution in [0.15, 0.2) is 18.2 Å². The minimum Gasteiger partial charge on any atom is -0.481 e. The van der Waals surface area contributed by atoms with Gasteiger partial charge >= 0.3 is 5.97 Å². The Balaban J connectivity index is 2.28. The summed E-state index contributed by atoms with van der Waals surface area (Å²) in [4.78, 5) is 11.5. The first-order valence-electron chi connectivity index (χ1n) is 6.00. The second-order valence-electron chi connectivity index (χ2n) is 4.55. The number of benzene rings is 1. The average molecular weight is 288 g/mol. The van der Waals surface area contributed by atoms with Crippen molar-refractivity contribution >= 4 is 29.2 Å². The van der Waals surface area contributed by atoms with Crippen LogP contribution in [0.3, 0.4) is 0 Å². The molecule has 3 nitrogen and oxygen atoms in total. The van der Waals surface area contributed by atoms with E-state index in [2.05, 4.69) is 5.32 Å². The highest BCUT2D eigenvalue weighted by Gasteiger charge is 2.30. The second-order valence-corrected chi connectivity index (χ2v) is 5.36. The fourth-order valence-corrected chi connectivity index (χ4v) is 2.72. The van der Waals surface area contributed by atoms with E-state index < -0.39 is 11.9 Å². The predicted molar refractivity (Wildman–Crippen MR) is 72.5 cm³/mol. The Kier molecular flexibility index (Phi) is 4.49. The summed E-state index contributed by atoms with van der Waals surface area (Å²) in [6, 6.07) is 5.01. The number of rotatable bonds is 3. The van der Waals surface area contributed by atoms with E-state index >= 15 is 0 Å². The van der Waals surface area contributed by atoms with Crippen molar-refractivity contribution in [1.82, 2.24) is 5.32 Å². The van der Waals surface area contributed by atoms with E-state index in [1.807, 2.05) is 0 Å². The number of aliphatic carboxylic acids is 1. The third-order valence-electron chi connectivity index (χ3n) is 3.32. The monoisotopic (exact) mass is 287 g/mol. The summed E-state index contributed by atoms with van der Waals surface area (Å²) >= 11 is 11.8. The zero-order valence-corrected chi connectivity index (χ0v) is 11.3. The van der Waals surface area contributed by atoms with E-state index in [4.69, 9.17) is 23.2 Å². The lowest BCUT2D eigenvalue weighted by atomic mass is 9.86. The number of hydrogen-bond donors (Lipinski definition) is 2. The number of nitrogens with one attached hydrogen (secondary N) is 1. The van der Waals surface area contributed by atoms with Crippen molar-refractivity contribution < 1.29 is 9.90 Å². The third-order valence-corrected chi connectivity index (χ3v) is 4.06. The standard InChI is InChI=1S/C13H15Cl2NO2/c14-9-5-4-8(7-10(9)15)12(13(17)18)11-3-1-2-6-16-11/h4-5,7,11-12,16H,1-3,6H2,(H,17,18). The normalized spacial score (nSPS) is 21.6. The van der Waals surface area contributed by atoms with Gasteiger partial charge in [0.05, 0.1) is 16.0 Å². The van der Waals surface area contributed by atoms with Crippen LogP contribution in [-0.2, 0) is 4.79 Å². The van der Waals surface area contributed by atoms with E-state index in [0.717, 1.165) is 25.8 Å². The molecule has 2 unspecified atom stereocenters. The van der Waals surface area contributed by atoms with Crippen molar-refractivity contribution in [3.05, 3.63) is 33.8 Å². The molecule has 1 heterocycles. The van der Waals surface area contributed by atoms with Crippen LogP contribution in [-0.4, -0.2) is 23.7 Å². The van der Waals surface area contributed by atoms with E-state index in [9.17, 15) is 9.90 Å². The summed E-state index contributed by atoms with van der Waals surface area (Å²) in [5.74, 6) is -1.40. The van der Waals surface area contributed by atoms with Crippen molar-refractivity contribution in [3.63, 3.8) is 0 Å². The molecular weight excluding hydrogens is 273 g/mol. The summed E-state index contributed by atoms with van der Waals surface area (Å²) in [5.41, 5.74) is 0.705. The largest absolute Gasteiger partial charge is 0.481 e. The van der Waals surface area contributed by atoms with Crippen LogP contribution in [0, 0.1) is 0 Å². The number of hydrogen-bond acceptors (Lipinski definition) is 2. The first-order valence-corrected chi connectivity index (χ1v) is 6.76. The van der Waals surface area contributed by atoms with Gasteiger partial charge in [0, 0.05) is 6.04 Å². The first-order chi connectivity index (χ1) is 8.59. The summed E-state index contributed by atoms with van der Waals surface area (Å²) in [6.45, 7) is 0.871. The van der Waals surface area contributed by atoms with Crippen LogP contribution in [0.4, 0.5) is 0 Å². The van der Waals surface area contributed by atoms with Crippen molar-refractivity contribution in [2.75, 3.05) is 6.54 Å². The van der Waals surface area contributed by atoms with Crippen molar-refractivity contribution in [1.29, 1.82) is 0 Å². The molecule has 2 atom stereocenters. The molecule has 1 aromatic rings. The van der Waals surface area contributed by atoms with Crippen LogP contribution >= 0.6 is 23.2 Å². The molecule has 0 bridgehead atoms. The molecule has 2 rings (SSSR count). The number of carboxylic acids is 1. The Morgan fingerprint density at radius 2 is 2.11 bits per heavy atom. The van der Waals surface area contributed by atoms with Gasteiger partial charge < -0.3 is 10.4 Å². The zero-order valence-electron chi connectivity index (χ0n) is 9.83. The fourth-order valence-electron chi connectivity index (χ4n) is 2.42. The van der Waals surface area contributed by atoms with Crippen LogP contribution in [0.25, 0.3) is 0 Å². The SMILES string of the molecule is O=C(O)C(c1ccc(Cl)c(Cl)c1)C1CCCCN1. The van der Waals surface area contributed by atoms with E-state index in [1.165, 1.54) is 0 Å². The van der Waals surface area contributed by atoms with Crippen LogP contribution in [0.5, 0.6) is 0 Å². The third kappa shape index (κ3) is 2.97. The van der Waals surface area contributed by atoms with Crippen LogP contribution in [0.1, 0.15) is 30.7 Å². The summed E-state index contributed by atoms with van der Waals surface area (Å²) in [7, 11) is 0. The van der Waals surface area contributed by atoms with Gasteiger partial charge in [-0.1, -0.05) is 35.7 Å².